The van der Waals surface area contributed by atoms with E-state index in [0.29, 0.717) is 11.5 Å². The van der Waals surface area contributed by atoms with Gasteiger partial charge in [0.1, 0.15) is 11.9 Å². The highest BCUT2D eigenvalue weighted by Crippen LogP contribution is 2.16. The van der Waals surface area contributed by atoms with Crippen molar-refractivity contribution in [3.05, 3.63) is 54.2 Å². The molecule has 0 spiro atoms. The van der Waals surface area contributed by atoms with Gasteiger partial charge in [0.2, 0.25) is 5.84 Å². The van der Waals surface area contributed by atoms with Gasteiger partial charge in [0.25, 0.3) is 11.8 Å². The number of hydrazine groups is 1. The minimum Gasteiger partial charge on any atom is -0.304 e. The van der Waals surface area contributed by atoms with E-state index >= 15 is 0 Å². The van der Waals surface area contributed by atoms with Gasteiger partial charge >= 0.3 is 0 Å². The van der Waals surface area contributed by atoms with Gasteiger partial charge in [0.05, 0.1) is 5.69 Å². The highest BCUT2D eigenvalue weighted by molar-refractivity contribution is 6.43. The first-order valence-electron chi connectivity index (χ1n) is 7.52. The number of benzene rings is 1. The van der Waals surface area contributed by atoms with Crippen molar-refractivity contribution in [2.24, 2.45) is 4.99 Å². The van der Waals surface area contributed by atoms with Crippen LogP contribution in [0, 0.1) is 6.92 Å². The molecule has 3 rings (SSSR count). The van der Waals surface area contributed by atoms with Crippen LogP contribution >= 0.6 is 0 Å². The Hall–Kier alpha value is -3.22. The topological polar surface area (TPSA) is 86.7 Å². The van der Waals surface area contributed by atoms with Gasteiger partial charge in [-0.3, -0.25) is 15.0 Å². The number of pyridine rings is 1. The van der Waals surface area contributed by atoms with E-state index in [1.807, 2.05) is 31.2 Å². The van der Waals surface area contributed by atoms with E-state index < -0.39 is 11.9 Å². The van der Waals surface area contributed by atoms with Gasteiger partial charge in [-0.25, -0.2) is 15.0 Å². The van der Waals surface area contributed by atoms with Gasteiger partial charge in [-0.1, -0.05) is 24.3 Å². The summed E-state index contributed by atoms with van der Waals surface area (Å²) in [7, 11) is 0. The predicted octanol–water partition coefficient (Wildman–Crippen LogP) is 1.67. The van der Waals surface area contributed by atoms with Crippen molar-refractivity contribution in [1.29, 1.82) is 0 Å². The molecule has 0 aliphatic carbocycles. The van der Waals surface area contributed by atoms with Crippen LogP contribution in [0.1, 0.15) is 12.5 Å². The van der Waals surface area contributed by atoms with Crippen molar-refractivity contribution >= 4 is 29.2 Å². The average molecular weight is 323 g/mol. The summed E-state index contributed by atoms with van der Waals surface area (Å²) in [6.07, 6.45) is 1.66. The van der Waals surface area contributed by atoms with Gasteiger partial charge < -0.3 is 5.32 Å². The molecule has 2 amide bonds. The number of nitrogens with zero attached hydrogens (tertiary/aromatic N) is 3. The molecule has 0 saturated carbocycles. The van der Waals surface area contributed by atoms with E-state index in [1.165, 1.54) is 5.01 Å². The number of hydrogen-bond acceptors (Lipinski definition) is 5. The van der Waals surface area contributed by atoms with Crippen LogP contribution in [0.2, 0.25) is 0 Å². The minimum atomic E-state index is -0.654. The molecule has 1 aromatic heterocycles. The first-order valence-corrected chi connectivity index (χ1v) is 7.52. The van der Waals surface area contributed by atoms with Gasteiger partial charge in [0, 0.05) is 6.20 Å². The van der Waals surface area contributed by atoms with E-state index in [-0.39, 0.29) is 11.7 Å². The maximum Gasteiger partial charge on any atom is 0.293 e. The van der Waals surface area contributed by atoms with Crippen LogP contribution in [-0.2, 0) is 9.59 Å². The highest BCUT2D eigenvalue weighted by atomic mass is 16.2. The maximum absolute atomic E-state index is 12.4. The average Bonchev–Trinajstić information content (AvgIpc) is 2.60. The smallest absolute Gasteiger partial charge is 0.293 e. The second kappa shape index (κ2) is 6.49. The second-order valence-corrected chi connectivity index (χ2v) is 5.45. The summed E-state index contributed by atoms with van der Waals surface area (Å²) < 4.78 is 0. The fourth-order valence-electron chi connectivity index (χ4n) is 2.22. The van der Waals surface area contributed by atoms with Crippen LogP contribution in [0.3, 0.4) is 0 Å². The standard InChI is InChI=1S/C17H17N5O2/c1-11-8-9-14(18-10-11)20-16(23)15-19-12(2)17(24)22(21-15)13-6-4-3-5-7-13/h3-10,12H,1-2H3,(H,19,21)(H,18,20,23)/t12-/m0/s1. The molecule has 122 valence electrons. The Kier molecular flexibility index (Phi) is 4.24. The predicted molar refractivity (Wildman–Crippen MR) is 91.6 cm³/mol. The maximum atomic E-state index is 12.4. The number of aromatic nitrogens is 1. The number of amidine groups is 1. The monoisotopic (exact) mass is 323 g/mol. The van der Waals surface area contributed by atoms with Crippen LogP contribution in [0.5, 0.6) is 0 Å². The van der Waals surface area contributed by atoms with Gasteiger partial charge in [-0.05, 0) is 37.6 Å². The van der Waals surface area contributed by atoms with Crippen LogP contribution in [0.15, 0.2) is 53.7 Å². The molecule has 0 fully saturated rings. The molecule has 1 aliphatic heterocycles. The van der Waals surface area contributed by atoms with Gasteiger partial charge in [0.15, 0.2) is 0 Å². The summed E-state index contributed by atoms with van der Waals surface area (Å²) >= 11 is 0. The lowest BCUT2D eigenvalue weighted by Crippen LogP contribution is -2.57. The molecule has 1 aromatic carbocycles. The zero-order valence-corrected chi connectivity index (χ0v) is 13.4. The second-order valence-electron chi connectivity index (χ2n) is 5.45. The summed E-state index contributed by atoms with van der Waals surface area (Å²) in [6.45, 7) is 3.56. The zero-order chi connectivity index (χ0) is 17.1. The van der Waals surface area contributed by atoms with E-state index in [9.17, 15) is 9.59 Å². The molecular weight excluding hydrogens is 306 g/mol. The number of nitrogens with one attached hydrogen (secondary N) is 2. The summed E-state index contributed by atoms with van der Waals surface area (Å²) in [5.74, 6) is -0.197. The molecule has 2 heterocycles. The van der Waals surface area contributed by atoms with Crippen molar-refractivity contribution in [2.75, 3.05) is 10.3 Å². The van der Waals surface area contributed by atoms with Crippen molar-refractivity contribution in [1.82, 2.24) is 10.4 Å². The third-order valence-electron chi connectivity index (χ3n) is 3.50. The number of amides is 2. The number of anilines is 2. The Balaban J connectivity index is 1.80. The van der Waals surface area contributed by atoms with Crippen LogP contribution in [0.25, 0.3) is 0 Å². The first-order chi connectivity index (χ1) is 11.5. The lowest BCUT2D eigenvalue weighted by molar-refractivity contribution is -0.120. The number of hydrogen-bond donors (Lipinski definition) is 2. The molecule has 24 heavy (non-hydrogen) atoms. The van der Waals surface area contributed by atoms with Crippen molar-refractivity contribution in [3.8, 4) is 0 Å². The quantitative estimate of drug-likeness (QED) is 0.899. The third kappa shape index (κ3) is 3.24. The van der Waals surface area contributed by atoms with Crippen molar-refractivity contribution < 1.29 is 9.59 Å². The Morgan fingerprint density at radius 1 is 1.21 bits per heavy atom. The number of carbonyl (C=O) groups excluding carboxylic acids is 2. The van der Waals surface area contributed by atoms with Crippen molar-refractivity contribution in [2.45, 2.75) is 19.9 Å². The molecule has 0 unspecified atom stereocenters. The fourth-order valence-corrected chi connectivity index (χ4v) is 2.22. The Morgan fingerprint density at radius 3 is 2.62 bits per heavy atom. The minimum absolute atomic E-state index is 0.0633. The van der Waals surface area contributed by atoms with E-state index in [1.54, 1.807) is 31.3 Å². The molecule has 0 saturated heterocycles. The Bertz CT molecular complexity index is 786. The molecular formula is C17H17N5O2. The normalized spacial score (nSPS) is 17.1. The third-order valence-corrected chi connectivity index (χ3v) is 3.50. The largest absolute Gasteiger partial charge is 0.304 e. The molecule has 1 atom stereocenters. The van der Waals surface area contributed by atoms with Gasteiger partial charge in [-0.15, -0.1) is 0 Å². The summed E-state index contributed by atoms with van der Waals surface area (Å²) in [6, 6.07) is 11.9. The Morgan fingerprint density at radius 2 is 1.96 bits per heavy atom. The molecule has 1 aliphatic rings. The molecule has 7 nitrogen and oxygen atoms in total. The van der Waals surface area contributed by atoms with Crippen LogP contribution in [-0.4, -0.2) is 28.7 Å². The molecule has 0 radical (unpaired) electrons. The Labute approximate surface area is 139 Å². The molecule has 7 heteroatoms. The molecule has 2 N–H and O–H groups in total. The highest BCUT2D eigenvalue weighted by Gasteiger charge is 2.30. The summed E-state index contributed by atoms with van der Waals surface area (Å²) in [5.41, 5.74) is 4.41. The molecule has 2 aromatic rings. The van der Waals surface area contributed by atoms with E-state index in [0.717, 1.165) is 5.56 Å². The molecule has 0 bridgehead atoms. The number of aryl methyl sites for hydroxylation is 1. The SMILES string of the molecule is Cc1ccc(NC(=O)C2=N[C@@H](C)C(=O)N(c3ccccc3)N2)nc1. The number of carbonyl (C=O) groups is 2. The fraction of sp³-hybridized carbons (Fsp3) is 0.176. The lowest BCUT2D eigenvalue weighted by Gasteiger charge is -2.30. The van der Waals surface area contributed by atoms with Crippen LogP contribution < -0.4 is 15.8 Å². The summed E-state index contributed by atoms with van der Waals surface area (Å²) in [5, 5.41) is 3.99. The van der Waals surface area contributed by atoms with Crippen molar-refractivity contribution in [3.63, 3.8) is 0 Å². The number of para-hydroxylation sites is 1. The van der Waals surface area contributed by atoms with Crippen LogP contribution in [0.4, 0.5) is 11.5 Å². The van der Waals surface area contributed by atoms with E-state index in [2.05, 4.69) is 20.7 Å². The number of aliphatic imine (C=N–C) groups is 1. The number of rotatable bonds is 3. The van der Waals surface area contributed by atoms with Gasteiger partial charge in [-0.2, -0.15) is 0 Å². The zero-order valence-electron chi connectivity index (χ0n) is 13.4. The first kappa shape index (κ1) is 15.7. The summed E-state index contributed by atoms with van der Waals surface area (Å²) in [4.78, 5) is 33.0. The van der Waals surface area contributed by atoms with E-state index in [4.69, 9.17) is 0 Å². The lowest BCUT2D eigenvalue weighted by atomic mass is 10.2.